The maximum absolute atomic E-state index is 11.9. The van der Waals surface area contributed by atoms with Crippen molar-refractivity contribution in [1.82, 2.24) is 9.62 Å². The molecule has 0 saturated carbocycles. The lowest BCUT2D eigenvalue weighted by molar-refractivity contribution is -0.121. The van der Waals surface area contributed by atoms with Crippen molar-refractivity contribution in [1.29, 1.82) is 0 Å². The van der Waals surface area contributed by atoms with Crippen molar-refractivity contribution in [2.75, 3.05) is 12.3 Å². The summed E-state index contributed by atoms with van der Waals surface area (Å²) in [6.07, 6.45) is 2.00. The standard InChI is InChI=1S/C9H16N2O3S/c1-2-15(13,14)11-7-3-4-8(11)6-10-9(12)5-7/h7-8H,2-6H2,1H3,(H,10,12). The highest BCUT2D eigenvalue weighted by molar-refractivity contribution is 7.89. The first kappa shape index (κ1) is 10.9. The second-order valence-corrected chi connectivity index (χ2v) is 6.29. The van der Waals surface area contributed by atoms with Gasteiger partial charge in [-0.05, 0) is 19.8 Å². The molecule has 2 heterocycles. The molecule has 0 aromatic heterocycles. The molecule has 0 radical (unpaired) electrons. The molecule has 2 fully saturated rings. The maximum atomic E-state index is 11.9. The largest absolute Gasteiger partial charge is 0.354 e. The molecule has 2 bridgehead atoms. The number of rotatable bonds is 2. The molecule has 1 N–H and O–H groups in total. The van der Waals surface area contributed by atoms with Crippen LogP contribution in [0.5, 0.6) is 0 Å². The van der Waals surface area contributed by atoms with Crippen LogP contribution in [0.4, 0.5) is 0 Å². The number of hydrogen-bond donors (Lipinski definition) is 1. The van der Waals surface area contributed by atoms with E-state index in [9.17, 15) is 13.2 Å². The number of nitrogens with zero attached hydrogens (tertiary/aromatic N) is 1. The molecule has 1 amide bonds. The monoisotopic (exact) mass is 232 g/mol. The van der Waals surface area contributed by atoms with Gasteiger partial charge in [-0.25, -0.2) is 8.42 Å². The van der Waals surface area contributed by atoms with Crippen LogP contribution in [0, 0.1) is 0 Å². The summed E-state index contributed by atoms with van der Waals surface area (Å²) in [6.45, 7) is 2.11. The first-order valence-corrected chi connectivity index (χ1v) is 6.93. The number of sulfonamides is 1. The van der Waals surface area contributed by atoms with Gasteiger partial charge >= 0.3 is 0 Å². The molecule has 15 heavy (non-hydrogen) atoms. The molecule has 2 aliphatic rings. The highest BCUT2D eigenvalue weighted by Gasteiger charge is 2.43. The van der Waals surface area contributed by atoms with Gasteiger partial charge in [-0.2, -0.15) is 4.31 Å². The summed E-state index contributed by atoms with van der Waals surface area (Å²) in [6, 6.07) is -0.131. The van der Waals surface area contributed by atoms with Gasteiger partial charge in [-0.15, -0.1) is 0 Å². The third-order valence-corrected chi connectivity index (χ3v) is 5.16. The van der Waals surface area contributed by atoms with Crippen LogP contribution in [0.2, 0.25) is 0 Å². The van der Waals surface area contributed by atoms with Gasteiger partial charge in [0.1, 0.15) is 0 Å². The summed E-state index contributed by atoms with van der Waals surface area (Å²) in [5, 5.41) is 2.76. The molecule has 0 aliphatic carbocycles. The van der Waals surface area contributed by atoms with E-state index < -0.39 is 10.0 Å². The predicted octanol–water partition coefficient (Wildman–Crippen LogP) is -0.311. The van der Waals surface area contributed by atoms with E-state index in [1.807, 2.05) is 0 Å². The second kappa shape index (κ2) is 3.75. The van der Waals surface area contributed by atoms with Gasteiger partial charge in [-0.3, -0.25) is 4.79 Å². The fourth-order valence-corrected chi connectivity index (χ4v) is 4.01. The Morgan fingerprint density at radius 3 is 2.73 bits per heavy atom. The zero-order valence-corrected chi connectivity index (χ0v) is 9.59. The first-order valence-electron chi connectivity index (χ1n) is 5.32. The van der Waals surface area contributed by atoms with Gasteiger partial charge in [0.15, 0.2) is 0 Å². The second-order valence-electron chi connectivity index (χ2n) is 4.12. The Morgan fingerprint density at radius 1 is 1.40 bits per heavy atom. The number of fused-ring (bicyclic) bond motifs is 2. The number of nitrogens with one attached hydrogen (secondary N) is 1. The van der Waals surface area contributed by atoms with E-state index in [4.69, 9.17) is 0 Å². The average molecular weight is 232 g/mol. The predicted molar refractivity (Wildman–Crippen MR) is 55.7 cm³/mol. The van der Waals surface area contributed by atoms with E-state index in [-0.39, 0.29) is 23.7 Å². The van der Waals surface area contributed by atoms with Gasteiger partial charge in [0.2, 0.25) is 15.9 Å². The fourth-order valence-electron chi connectivity index (χ4n) is 2.44. The van der Waals surface area contributed by atoms with Gasteiger partial charge in [0.25, 0.3) is 0 Å². The zero-order chi connectivity index (χ0) is 11.1. The van der Waals surface area contributed by atoms with Crippen molar-refractivity contribution in [3.8, 4) is 0 Å². The van der Waals surface area contributed by atoms with Crippen LogP contribution in [0.25, 0.3) is 0 Å². The number of amides is 1. The lowest BCUT2D eigenvalue weighted by Gasteiger charge is -2.25. The summed E-state index contributed by atoms with van der Waals surface area (Å²) in [7, 11) is -3.16. The summed E-state index contributed by atoms with van der Waals surface area (Å²) < 4.78 is 25.3. The van der Waals surface area contributed by atoms with Crippen LogP contribution >= 0.6 is 0 Å². The average Bonchev–Trinajstić information content (AvgIpc) is 2.49. The third kappa shape index (κ3) is 1.88. The van der Waals surface area contributed by atoms with Crippen molar-refractivity contribution >= 4 is 15.9 Å². The van der Waals surface area contributed by atoms with E-state index in [1.165, 1.54) is 0 Å². The van der Waals surface area contributed by atoms with Crippen molar-refractivity contribution in [2.45, 2.75) is 38.3 Å². The molecular weight excluding hydrogens is 216 g/mol. The zero-order valence-electron chi connectivity index (χ0n) is 8.77. The van der Waals surface area contributed by atoms with E-state index >= 15 is 0 Å². The highest BCUT2D eigenvalue weighted by atomic mass is 32.2. The normalized spacial score (nSPS) is 32.5. The van der Waals surface area contributed by atoms with Crippen molar-refractivity contribution in [3.05, 3.63) is 0 Å². The quantitative estimate of drug-likeness (QED) is 0.710. The van der Waals surface area contributed by atoms with Gasteiger partial charge < -0.3 is 5.32 Å². The molecule has 2 unspecified atom stereocenters. The van der Waals surface area contributed by atoms with Crippen LogP contribution in [0.3, 0.4) is 0 Å². The Kier molecular flexibility index (Phi) is 2.72. The SMILES string of the molecule is CCS(=O)(=O)N1C2CCC1CC(=O)NC2. The first-order chi connectivity index (χ1) is 7.04. The Labute approximate surface area is 89.9 Å². The molecule has 6 heteroatoms. The summed E-state index contributed by atoms with van der Waals surface area (Å²) in [5.41, 5.74) is 0. The molecule has 2 saturated heterocycles. The minimum atomic E-state index is -3.16. The van der Waals surface area contributed by atoms with Crippen molar-refractivity contribution in [3.63, 3.8) is 0 Å². The van der Waals surface area contributed by atoms with E-state index in [0.29, 0.717) is 13.0 Å². The molecule has 2 rings (SSSR count). The molecular formula is C9H16N2O3S. The van der Waals surface area contributed by atoms with Crippen LogP contribution in [0.15, 0.2) is 0 Å². The fraction of sp³-hybridized carbons (Fsp3) is 0.889. The number of carbonyl (C=O) groups excluding carboxylic acids is 1. The Morgan fingerprint density at radius 2 is 2.07 bits per heavy atom. The van der Waals surface area contributed by atoms with Crippen molar-refractivity contribution in [2.24, 2.45) is 0 Å². The van der Waals surface area contributed by atoms with E-state index in [0.717, 1.165) is 12.8 Å². The van der Waals surface area contributed by atoms with Crippen LogP contribution in [-0.2, 0) is 14.8 Å². The Hall–Kier alpha value is -0.620. The molecule has 0 spiro atoms. The van der Waals surface area contributed by atoms with E-state index in [1.54, 1.807) is 11.2 Å². The molecule has 5 nitrogen and oxygen atoms in total. The Bertz CT molecular complexity index is 366. The van der Waals surface area contributed by atoms with Gasteiger partial charge in [0.05, 0.1) is 5.75 Å². The third-order valence-electron chi connectivity index (χ3n) is 3.19. The molecule has 86 valence electrons. The Balaban J connectivity index is 2.29. The number of carbonyl (C=O) groups is 1. The molecule has 2 aliphatic heterocycles. The van der Waals surface area contributed by atoms with E-state index in [2.05, 4.69) is 5.32 Å². The van der Waals surface area contributed by atoms with Crippen LogP contribution < -0.4 is 5.32 Å². The van der Waals surface area contributed by atoms with Gasteiger partial charge in [0, 0.05) is 25.0 Å². The van der Waals surface area contributed by atoms with Crippen LogP contribution in [-0.4, -0.2) is 43.0 Å². The van der Waals surface area contributed by atoms with Crippen molar-refractivity contribution < 1.29 is 13.2 Å². The molecule has 0 aromatic carbocycles. The minimum absolute atomic E-state index is 0.0219. The topological polar surface area (TPSA) is 66.5 Å². The summed E-state index contributed by atoms with van der Waals surface area (Å²) in [5.74, 6) is 0.0901. The summed E-state index contributed by atoms with van der Waals surface area (Å²) in [4.78, 5) is 11.3. The summed E-state index contributed by atoms with van der Waals surface area (Å²) >= 11 is 0. The smallest absolute Gasteiger partial charge is 0.221 e. The highest BCUT2D eigenvalue weighted by Crippen LogP contribution is 2.30. The minimum Gasteiger partial charge on any atom is -0.354 e. The molecule has 0 aromatic rings. The van der Waals surface area contributed by atoms with Gasteiger partial charge in [-0.1, -0.05) is 0 Å². The number of hydrogen-bond acceptors (Lipinski definition) is 3. The van der Waals surface area contributed by atoms with Crippen LogP contribution in [0.1, 0.15) is 26.2 Å². The molecule has 2 atom stereocenters. The lowest BCUT2D eigenvalue weighted by Crippen LogP contribution is -2.43. The maximum Gasteiger partial charge on any atom is 0.221 e. The lowest BCUT2D eigenvalue weighted by atomic mass is 10.1.